The molecular formula is C23H17ClN2O2S. The molecule has 144 valence electrons. The molecule has 1 heterocycles. The number of rotatable bonds is 5. The average molecular weight is 421 g/mol. The summed E-state index contributed by atoms with van der Waals surface area (Å²) in [4.78, 5) is 18.0. The van der Waals surface area contributed by atoms with Crippen molar-refractivity contribution in [3.8, 4) is 11.5 Å². The van der Waals surface area contributed by atoms with Crippen molar-refractivity contribution in [2.24, 2.45) is 4.99 Å². The molecule has 6 heteroatoms. The van der Waals surface area contributed by atoms with Gasteiger partial charge in [0.2, 0.25) is 0 Å². The molecule has 0 aliphatic carbocycles. The lowest BCUT2D eigenvalue weighted by Gasteiger charge is -2.08. The normalized spacial score (nSPS) is 11.6. The third-order valence-corrected chi connectivity index (χ3v) is 5.52. The third-order valence-electron chi connectivity index (χ3n) is 4.24. The largest absolute Gasteiger partial charge is 0.457 e. The second-order valence-electron chi connectivity index (χ2n) is 6.22. The van der Waals surface area contributed by atoms with E-state index in [1.165, 1.54) is 11.3 Å². The van der Waals surface area contributed by atoms with E-state index in [1.807, 2.05) is 59.2 Å². The van der Waals surface area contributed by atoms with Gasteiger partial charge in [-0.15, -0.1) is 6.58 Å². The molecule has 3 aromatic carbocycles. The molecule has 0 saturated heterocycles. The number of allylic oxidation sites excluding steroid dienone is 1. The second kappa shape index (κ2) is 8.47. The molecule has 0 saturated carbocycles. The summed E-state index contributed by atoms with van der Waals surface area (Å²) < 4.78 is 8.81. The van der Waals surface area contributed by atoms with Crippen LogP contribution in [-0.2, 0) is 6.54 Å². The first-order chi connectivity index (χ1) is 14.2. The molecule has 0 N–H and O–H groups in total. The maximum atomic E-state index is 13.0. The van der Waals surface area contributed by atoms with E-state index in [2.05, 4.69) is 11.6 Å². The van der Waals surface area contributed by atoms with Gasteiger partial charge in [-0.05, 0) is 42.5 Å². The molecule has 1 amide bonds. The lowest BCUT2D eigenvalue weighted by atomic mass is 10.2. The molecule has 4 nitrogen and oxygen atoms in total. The highest BCUT2D eigenvalue weighted by molar-refractivity contribution is 7.16. The van der Waals surface area contributed by atoms with Crippen LogP contribution in [0.4, 0.5) is 0 Å². The lowest BCUT2D eigenvalue weighted by Crippen LogP contribution is -2.16. The van der Waals surface area contributed by atoms with Gasteiger partial charge in [-0.1, -0.05) is 59.3 Å². The van der Waals surface area contributed by atoms with Crippen LogP contribution in [0.3, 0.4) is 0 Å². The Hall–Kier alpha value is -3.15. The number of aromatic nitrogens is 1. The van der Waals surface area contributed by atoms with Crippen LogP contribution in [0.2, 0.25) is 5.02 Å². The summed E-state index contributed by atoms with van der Waals surface area (Å²) in [5.74, 6) is 0.754. The first-order valence-electron chi connectivity index (χ1n) is 8.96. The van der Waals surface area contributed by atoms with Crippen LogP contribution in [0, 0.1) is 0 Å². The molecule has 0 aliphatic heterocycles. The number of amides is 1. The van der Waals surface area contributed by atoms with Gasteiger partial charge in [-0.2, -0.15) is 4.99 Å². The molecule has 4 rings (SSSR count). The van der Waals surface area contributed by atoms with Gasteiger partial charge in [0, 0.05) is 11.6 Å². The van der Waals surface area contributed by atoms with E-state index >= 15 is 0 Å². The fourth-order valence-corrected chi connectivity index (χ4v) is 4.25. The molecule has 29 heavy (non-hydrogen) atoms. The summed E-state index contributed by atoms with van der Waals surface area (Å²) in [6.45, 7) is 4.35. The van der Waals surface area contributed by atoms with Gasteiger partial charge in [-0.25, -0.2) is 0 Å². The van der Waals surface area contributed by atoms with Crippen LogP contribution in [0.15, 0.2) is 90.4 Å². The topological polar surface area (TPSA) is 43.6 Å². The fourth-order valence-electron chi connectivity index (χ4n) is 2.93. The van der Waals surface area contributed by atoms with Crippen molar-refractivity contribution < 1.29 is 9.53 Å². The van der Waals surface area contributed by atoms with Gasteiger partial charge in [0.1, 0.15) is 11.5 Å². The first-order valence-corrected chi connectivity index (χ1v) is 10.2. The van der Waals surface area contributed by atoms with Gasteiger partial charge >= 0.3 is 0 Å². The number of carbonyl (C=O) groups is 1. The second-order valence-corrected chi connectivity index (χ2v) is 7.67. The molecule has 0 unspecified atom stereocenters. The van der Waals surface area contributed by atoms with E-state index in [1.54, 1.807) is 24.3 Å². The smallest absolute Gasteiger partial charge is 0.283 e. The zero-order valence-corrected chi connectivity index (χ0v) is 17.0. The molecule has 0 atom stereocenters. The number of benzene rings is 3. The van der Waals surface area contributed by atoms with Crippen molar-refractivity contribution in [3.63, 3.8) is 0 Å². The predicted molar refractivity (Wildman–Crippen MR) is 118 cm³/mol. The van der Waals surface area contributed by atoms with Crippen LogP contribution in [-0.4, -0.2) is 10.5 Å². The molecule has 0 radical (unpaired) electrons. The van der Waals surface area contributed by atoms with E-state index in [9.17, 15) is 4.79 Å². The average Bonchev–Trinajstić information content (AvgIpc) is 3.05. The Kier molecular flexibility index (Phi) is 5.60. The summed E-state index contributed by atoms with van der Waals surface area (Å²) in [6.07, 6.45) is 1.77. The van der Waals surface area contributed by atoms with Gasteiger partial charge in [0.15, 0.2) is 4.80 Å². The quantitative estimate of drug-likeness (QED) is 0.367. The third kappa shape index (κ3) is 4.16. The number of ether oxygens (including phenoxy) is 1. The number of thiazole rings is 1. The summed E-state index contributed by atoms with van der Waals surface area (Å²) in [5.41, 5.74) is 1.36. The van der Waals surface area contributed by atoms with E-state index < -0.39 is 0 Å². The SMILES string of the molecule is C=CCn1c(=NC(=O)c2ccccc2Oc2ccccc2)sc2cc(Cl)ccc21. The van der Waals surface area contributed by atoms with Crippen LogP contribution in [0.5, 0.6) is 11.5 Å². The van der Waals surface area contributed by atoms with Crippen LogP contribution in [0.25, 0.3) is 10.2 Å². The van der Waals surface area contributed by atoms with Crippen molar-refractivity contribution in [2.45, 2.75) is 6.54 Å². The van der Waals surface area contributed by atoms with E-state index in [0.717, 1.165) is 10.2 Å². The van der Waals surface area contributed by atoms with Gasteiger partial charge < -0.3 is 9.30 Å². The lowest BCUT2D eigenvalue weighted by molar-refractivity contribution is 0.0995. The predicted octanol–water partition coefficient (Wildman–Crippen LogP) is 6.08. The minimum Gasteiger partial charge on any atom is -0.457 e. The zero-order valence-electron chi connectivity index (χ0n) is 15.4. The first kappa shape index (κ1) is 19.2. The summed E-state index contributed by atoms with van der Waals surface area (Å²) >= 11 is 7.53. The minimum atomic E-state index is -0.369. The maximum absolute atomic E-state index is 13.0. The highest BCUT2D eigenvalue weighted by Crippen LogP contribution is 2.26. The Balaban J connectivity index is 1.77. The minimum absolute atomic E-state index is 0.369. The highest BCUT2D eigenvalue weighted by Gasteiger charge is 2.14. The summed E-state index contributed by atoms with van der Waals surface area (Å²) in [6, 6.07) is 22.1. The van der Waals surface area contributed by atoms with Gasteiger partial charge in [-0.3, -0.25) is 4.79 Å². The number of hydrogen-bond donors (Lipinski definition) is 0. The number of carbonyl (C=O) groups excluding carboxylic acids is 1. The highest BCUT2D eigenvalue weighted by atomic mass is 35.5. The van der Waals surface area contributed by atoms with Gasteiger partial charge in [0.25, 0.3) is 5.91 Å². The Bertz CT molecular complexity index is 1260. The molecule has 0 aliphatic rings. The Morgan fingerprint density at radius 1 is 1.10 bits per heavy atom. The Labute approximate surface area is 177 Å². The number of nitrogens with zero attached hydrogens (tertiary/aromatic N) is 2. The van der Waals surface area contributed by atoms with Crippen LogP contribution in [0.1, 0.15) is 10.4 Å². The summed E-state index contributed by atoms with van der Waals surface area (Å²) in [7, 11) is 0. The van der Waals surface area contributed by atoms with Gasteiger partial charge in [0.05, 0.1) is 15.8 Å². The number of para-hydroxylation sites is 2. The Morgan fingerprint density at radius 3 is 2.66 bits per heavy atom. The molecule has 0 fully saturated rings. The number of hydrogen-bond acceptors (Lipinski definition) is 3. The molecule has 1 aromatic heterocycles. The number of halogens is 1. The van der Waals surface area contributed by atoms with E-state index in [0.29, 0.717) is 33.4 Å². The van der Waals surface area contributed by atoms with E-state index in [-0.39, 0.29) is 5.91 Å². The fraction of sp³-hybridized carbons (Fsp3) is 0.0435. The van der Waals surface area contributed by atoms with Crippen molar-refractivity contribution in [2.75, 3.05) is 0 Å². The zero-order chi connectivity index (χ0) is 20.2. The standard InChI is InChI=1S/C23H17ClN2O2S/c1-2-14-26-19-13-12-16(24)15-21(19)29-23(26)25-22(27)18-10-6-7-11-20(18)28-17-8-4-3-5-9-17/h2-13,15H,1,14H2. The summed E-state index contributed by atoms with van der Waals surface area (Å²) in [5, 5.41) is 0.643. The molecule has 0 bridgehead atoms. The number of fused-ring (bicyclic) bond motifs is 1. The molecular weight excluding hydrogens is 404 g/mol. The van der Waals surface area contributed by atoms with Crippen LogP contribution < -0.4 is 9.54 Å². The monoisotopic (exact) mass is 420 g/mol. The maximum Gasteiger partial charge on any atom is 0.283 e. The van der Waals surface area contributed by atoms with Crippen molar-refractivity contribution in [1.82, 2.24) is 4.57 Å². The Morgan fingerprint density at radius 2 is 1.86 bits per heavy atom. The molecule has 4 aromatic rings. The van der Waals surface area contributed by atoms with Crippen molar-refractivity contribution in [3.05, 3.63) is 101 Å². The van der Waals surface area contributed by atoms with Crippen LogP contribution >= 0.6 is 22.9 Å². The van der Waals surface area contributed by atoms with Crippen molar-refractivity contribution >= 4 is 39.1 Å². The van der Waals surface area contributed by atoms with Crippen molar-refractivity contribution in [1.29, 1.82) is 0 Å². The molecule has 0 spiro atoms. The van der Waals surface area contributed by atoms with E-state index in [4.69, 9.17) is 16.3 Å².